The van der Waals surface area contributed by atoms with E-state index in [4.69, 9.17) is 10.5 Å². The molecule has 1 aromatic rings. The molecule has 12 heavy (non-hydrogen) atoms. The molecule has 0 heterocycles. The van der Waals surface area contributed by atoms with Crippen molar-refractivity contribution >= 4 is 0 Å². The number of nitrogens with two attached hydrogens (primary N) is 1. The summed E-state index contributed by atoms with van der Waals surface area (Å²) in [6, 6.07) is 4.08. The lowest BCUT2D eigenvalue weighted by Gasteiger charge is -2.11. The van der Waals surface area contributed by atoms with E-state index in [0.29, 0.717) is 6.54 Å². The minimum absolute atomic E-state index is 0.572. The highest BCUT2D eigenvalue weighted by Gasteiger charge is 2.05. The van der Waals surface area contributed by atoms with Crippen molar-refractivity contribution in [1.82, 2.24) is 0 Å². The molecule has 0 aliphatic carbocycles. The van der Waals surface area contributed by atoms with E-state index in [1.165, 1.54) is 0 Å². The first kappa shape index (κ1) is 9.07. The number of ether oxygens (including phenoxy) is 1. The van der Waals surface area contributed by atoms with Crippen molar-refractivity contribution in [2.75, 3.05) is 7.11 Å². The molecule has 0 aliphatic rings. The van der Waals surface area contributed by atoms with Crippen molar-refractivity contribution in [1.29, 1.82) is 0 Å². The Morgan fingerprint density at radius 2 is 2.00 bits per heavy atom. The number of benzene rings is 1. The Bertz CT molecular complexity index is 281. The average molecular weight is 165 g/mol. The molecule has 0 saturated carbocycles. The second-order valence-electron chi connectivity index (χ2n) is 2.90. The number of rotatable bonds is 2. The van der Waals surface area contributed by atoms with Gasteiger partial charge in [-0.15, -0.1) is 0 Å². The summed E-state index contributed by atoms with van der Waals surface area (Å²) in [5.41, 5.74) is 9.03. The van der Waals surface area contributed by atoms with Gasteiger partial charge < -0.3 is 10.5 Å². The highest BCUT2D eigenvalue weighted by molar-refractivity contribution is 5.44. The van der Waals surface area contributed by atoms with Gasteiger partial charge in [0.25, 0.3) is 0 Å². The Labute approximate surface area is 73.3 Å². The number of hydrogen-bond donors (Lipinski definition) is 1. The summed E-state index contributed by atoms with van der Waals surface area (Å²) in [7, 11) is 1.69. The van der Waals surface area contributed by atoms with Crippen LogP contribution in [0.15, 0.2) is 12.1 Å². The molecule has 0 bridgehead atoms. The van der Waals surface area contributed by atoms with E-state index in [2.05, 4.69) is 0 Å². The zero-order valence-electron chi connectivity index (χ0n) is 7.85. The lowest BCUT2D eigenvalue weighted by Crippen LogP contribution is -2.01. The molecule has 0 saturated heterocycles. The van der Waals surface area contributed by atoms with Gasteiger partial charge in [0, 0.05) is 6.54 Å². The normalized spacial score (nSPS) is 10.0. The molecule has 0 atom stereocenters. The molecule has 0 radical (unpaired) electrons. The Morgan fingerprint density at radius 1 is 1.33 bits per heavy atom. The molecule has 0 aliphatic heterocycles. The number of aryl methyl sites for hydroxylation is 1. The van der Waals surface area contributed by atoms with Gasteiger partial charge in [-0.05, 0) is 30.5 Å². The molecule has 0 unspecified atom stereocenters. The zero-order valence-corrected chi connectivity index (χ0v) is 7.85. The van der Waals surface area contributed by atoms with Crippen molar-refractivity contribution in [3.05, 3.63) is 28.8 Å². The summed E-state index contributed by atoms with van der Waals surface area (Å²) in [5.74, 6) is 0.956. The first-order valence-corrected chi connectivity index (χ1v) is 4.03. The quantitative estimate of drug-likeness (QED) is 0.724. The van der Waals surface area contributed by atoms with Crippen LogP contribution in [-0.4, -0.2) is 7.11 Å². The van der Waals surface area contributed by atoms with Crippen LogP contribution < -0.4 is 10.5 Å². The van der Waals surface area contributed by atoms with Crippen molar-refractivity contribution in [3.63, 3.8) is 0 Å². The second kappa shape index (κ2) is 3.59. The van der Waals surface area contributed by atoms with Crippen LogP contribution >= 0.6 is 0 Å². The molecule has 0 fully saturated rings. The average Bonchev–Trinajstić information content (AvgIpc) is 2.06. The van der Waals surface area contributed by atoms with Crippen molar-refractivity contribution in [3.8, 4) is 5.75 Å². The van der Waals surface area contributed by atoms with Crippen LogP contribution in [0.1, 0.15) is 16.7 Å². The van der Waals surface area contributed by atoms with Crippen LogP contribution in [0.5, 0.6) is 5.75 Å². The first-order valence-electron chi connectivity index (χ1n) is 4.03. The van der Waals surface area contributed by atoms with Gasteiger partial charge in [-0.25, -0.2) is 0 Å². The van der Waals surface area contributed by atoms with Gasteiger partial charge in [0.2, 0.25) is 0 Å². The molecule has 1 aromatic carbocycles. The summed E-state index contributed by atoms with van der Waals surface area (Å²) >= 11 is 0. The molecule has 0 aromatic heterocycles. The monoisotopic (exact) mass is 165 g/mol. The van der Waals surface area contributed by atoms with E-state index in [-0.39, 0.29) is 0 Å². The Kier molecular flexibility index (Phi) is 2.71. The Balaban J connectivity index is 3.24. The van der Waals surface area contributed by atoms with Gasteiger partial charge in [-0.2, -0.15) is 0 Å². The Morgan fingerprint density at radius 3 is 2.50 bits per heavy atom. The lowest BCUT2D eigenvalue weighted by atomic mass is 10.0. The molecule has 0 spiro atoms. The highest BCUT2D eigenvalue weighted by atomic mass is 16.5. The first-order chi connectivity index (χ1) is 5.70. The lowest BCUT2D eigenvalue weighted by molar-refractivity contribution is 0.408. The maximum absolute atomic E-state index is 5.57. The van der Waals surface area contributed by atoms with Gasteiger partial charge in [-0.1, -0.05) is 12.1 Å². The molecule has 0 amide bonds. The zero-order chi connectivity index (χ0) is 9.14. The van der Waals surface area contributed by atoms with Crippen LogP contribution in [-0.2, 0) is 6.54 Å². The minimum Gasteiger partial charge on any atom is -0.496 e. The minimum atomic E-state index is 0.572. The third-order valence-electron chi connectivity index (χ3n) is 2.14. The maximum atomic E-state index is 5.57. The molecule has 66 valence electrons. The van der Waals surface area contributed by atoms with Crippen LogP contribution in [0, 0.1) is 13.8 Å². The fourth-order valence-electron chi connectivity index (χ4n) is 1.40. The molecule has 1 rings (SSSR count). The third kappa shape index (κ3) is 1.43. The predicted molar refractivity (Wildman–Crippen MR) is 50.4 cm³/mol. The third-order valence-corrected chi connectivity index (χ3v) is 2.14. The number of methoxy groups -OCH3 is 1. The van der Waals surface area contributed by atoms with E-state index >= 15 is 0 Å². The SMILES string of the molecule is COc1c(C)ccc(CN)c1C. The van der Waals surface area contributed by atoms with E-state index in [1.54, 1.807) is 7.11 Å². The van der Waals surface area contributed by atoms with Crippen molar-refractivity contribution in [2.45, 2.75) is 20.4 Å². The molecular weight excluding hydrogens is 150 g/mol. The summed E-state index contributed by atoms with van der Waals surface area (Å²) in [6.45, 7) is 4.64. The van der Waals surface area contributed by atoms with Gasteiger partial charge in [0.1, 0.15) is 5.75 Å². The van der Waals surface area contributed by atoms with Crippen molar-refractivity contribution < 1.29 is 4.74 Å². The van der Waals surface area contributed by atoms with Crippen LogP contribution in [0.3, 0.4) is 0 Å². The van der Waals surface area contributed by atoms with Crippen LogP contribution in [0.2, 0.25) is 0 Å². The molecule has 2 heteroatoms. The smallest absolute Gasteiger partial charge is 0.124 e. The van der Waals surface area contributed by atoms with Crippen LogP contribution in [0.25, 0.3) is 0 Å². The highest BCUT2D eigenvalue weighted by Crippen LogP contribution is 2.25. The fraction of sp³-hybridized carbons (Fsp3) is 0.400. The summed E-state index contributed by atoms with van der Waals surface area (Å²) < 4.78 is 5.26. The fourth-order valence-corrected chi connectivity index (χ4v) is 1.40. The largest absolute Gasteiger partial charge is 0.496 e. The van der Waals surface area contributed by atoms with E-state index in [1.807, 2.05) is 26.0 Å². The summed E-state index contributed by atoms with van der Waals surface area (Å²) in [5, 5.41) is 0. The standard InChI is InChI=1S/C10H15NO/c1-7-4-5-9(6-11)8(2)10(7)12-3/h4-5H,6,11H2,1-3H3. The molecule has 2 N–H and O–H groups in total. The van der Waals surface area contributed by atoms with Gasteiger partial charge in [-0.3, -0.25) is 0 Å². The maximum Gasteiger partial charge on any atom is 0.124 e. The van der Waals surface area contributed by atoms with Crippen molar-refractivity contribution in [2.24, 2.45) is 5.73 Å². The summed E-state index contributed by atoms with van der Waals surface area (Å²) in [4.78, 5) is 0. The van der Waals surface area contributed by atoms with Gasteiger partial charge in [0.15, 0.2) is 0 Å². The van der Waals surface area contributed by atoms with E-state index in [0.717, 1.165) is 22.4 Å². The molecular formula is C10H15NO. The van der Waals surface area contributed by atoms with Gasteiger partial charge in [0.05, 0.1) is 7.11 Å². The van der Waals surface area contributed by atoms with Gasteiger partial charge >= 0.3 is 0 Å². The van der Waals surface area contributed by atoms with E-state index < -0.39 is 0 Å². The number of hydrogen-bond acceptors (Lipinski definition) is 2. The van der Waals surface area contributed by atoms with E-state index in [9.17, 15) is 0 Å². The molecule has 2 nitrogen and oxygen atoms in total. The summed E-state index contributed by atoms with van der Waals surface area (Å²) in [6.07, 6.45) is 0. The van der Waals surface area contributed by atoms with Crippen LogP contribution in [0.4, 0.5) is 0 Å². The Hall–Kier alpha value is -1.02. The topological polar surface area (TPSA) is 35.2 Å². The predicted octanol–water partition coefficient (Wildman–Crippen LogP) is 1.77. The second-order valence-corrected chi connectivity index (χ2v) is 2.90.